The minimum atomic E-state index is 0.766. The molecule has 0 N–H and O–H groups in total. The molecule has 2 aliphatic carbocycles. The van der Waals surface area contributed by atoms with E-state index in [1.165, 1.54) is 32.1 Å². The maximum atomic E-state index is 2.84. The van der Waals surface area contributed by atoms with Crippen LogP contribution in [0.25, 0.3) is 0 Å². The average Bonchev–Trinajstić information content (AvgIpc) is 2.18. The molecule has 0 aromatic carbocycles. The minimum absolute atomic E-state index is 0.766. The second kappa shape index (κ2) is 4.91. The van der Waals surface area contributed by atoms with Crippen molar-refractivity contribution in [2.75, 3.05) is 0 Å². The van der Waals surface area contributed by atoms with Gasteiger partial charge in [-0.15, -0.1) is 0 Å². The van der Waals surface area contributed by atoms with E-state index < -0.39 is 0 Å². The summed E-state index contributed by atoms with van der Waals surface area (Å²) < 4.78 is 0. The van der Waals surface area contributed by atoms with Gasteiger partial charge in [-0.3, -0.25) is 4.90 Å². The lowest BCUT2D eigenvalue weighted by Crippen LogP contribution is -2.55. The Morgan fingerprint density at radius 3 is 2.25 bits per heavy atom. The molecule has 1 saturated carbocycles. The van der Waals surface area contributed by atoms with Gasteiger partial charge in [0.2, 0.25) is 0 Å². The average molecular weight is 221 g/mol. The molecule has 16 heavy (non-hydrogen) atoms. The Bertz CT molecular complexity index is 259. The highest BCUT2D eigenvalue weighted by molar-refractivity contribution is 5.20. The molecular formula is C15H27N. The molecular weight excluding hydrogens is 194 g/mol. The van der Waals surface area contributed by atoms with Crippen LogP contribution >= 0.6 is 0 Å². The van der Waals surface area contributed by atoms with E-state index in [1.54, 1.807) is 5.57 Å². The smallest absolute Gasteiger partial charge is 0.0323 e. The maximum Gasteiger partial charge on any atom is 0.0323 e. The molecule has 2 aliphatic rings. The second-order valence-corrected chi connectivity index (χ2v) is 5.93. The van der Waals surface area contributed by atoms with Crippen LogP contribution in [0.2, 0.25) is 0 Å². The first-order valence-electron chi connectivity index (χ1n) is 7.10. The van der Waals surface area contributed by atoms with Crippen LogP contribution in [0.1, 0.15) is 59.8 Å². The molecule has 1 nitrogen and oxygen atoms in total. The van der Waals surface area contributed by atoms with Gasteiger partial charge in [0.05, 0.1) is 0 Å². The molecule has 0 heterocycles. The fourth-order valence-electron chi connectivity index (χ4n) is 3.47. The van der Waals surface area contributed by atoms with E-state index in [9.17, 15) is 0 Å². The largest absolute Gasteiger partial charge is 0.291 e. The van der Waals surface area contributed by atoms with Crippen LogP contribution in [0.15, 0.2) is 11.6 Å². The first kappa shape index (κ1) is 12.2. The predicted octanol–water partition coefficient (Wildman–Crippen LogP) is 3.99. The summed E-state index contributed by atoms with van der Waals surface area (Å²) in [4.78, 5) is 2.84. The summed E-state index contributed by atoms with van der Waals surface area (Å²) in [5.41, 5.74) is 1.59. The molecule has 0 saturated heterocycles. The summed E-state index contributed by atoms with van der Waals surface area (Å²) >= 11 is 0. The van der Waals surface area contributed by atoms with Gasteiger partial charge in [-0.1, -0.05) is 32.4 Å². The maximum absolute atomic E-state index is 2.84. The highest BCUT2D eigenvalue weighted by Crippen LogP contribution is 2.38. The zero-order valence-electron chi connectivity index (χ0n) is 11.4. The highest BCUT2D eigenvalue weighted by atomic mass is 15.2. The Labute approximate surface area is 101 Å². The van der Waals surface area contributed by atoms with Gasteiger partial charge >= 0.3 is 0 Å². The molecule has 92 valence electrons. The molecule has 0 unspecified atom stereocenters. The third-order valence-electron chi connectivity index (χ3n) is 4.53. The van der Waals surface area contributed by atoms with E-state index >= 15 is 0 Å². The fraction of sp³-hybridized carbons (Fsp3) is 0.867. The molecule has 0 bridgehead atoms. The van der Waals surface area contributed by atoms with Crippen molar-refractivity contribution in [2.24, 2.45) is 5.92 Å². The summed E-state index contributed by atoms with van der Waals surface area (Å²) in [5.74, 6) is 0.965. The number of hydrogen-bond donors (Lipinski definition) is 0. The summed E-state index contributed by atoms with van der Waals surface area (Å²) in [5, 5.41) is 0. The highest BCUT2D eigenvalue weighted by Gasteiger charge is 2.38. The van der Waals surface area contributed by atoms with Crippen LogP contribution in [0.5, 0.6) is 0 Å². The molecule has 0 amide bonds. The minimum Gasteiger partial charge on any atom is -0.291 e. The summed E-state index contributed by atoms with van der Waals surface area (Å²) in [6, 6.07) is 2.46. The summed E-state index contributed by atoms with van der Waals surface area (Å²) in [7, 11) is 0. The van der Waals surface area contributed by atoms with Gasteiger partial charge in [0.1, 0.15) is 0 Å². The Morgan fingerprint density at radius 1 is 1.31 bits per heavy atom. The zero-order chi connectivity index (χ0) is 11.7. The lowest BCUT2D eigenvalue weighted by Gasteiger charge is -2.50. The van der Waals surface area contributed by atoms with Crippen molar-refractivity contribution in [2.45, 2.75) is 77.9 Å². The van der Waals surface area contributed by atoms with Gasteiger partial charge in [-0.2, -0.15) is 0 Å². The van der Waals surface area contributed by atoms with Crippen molar-refractivity contribution < 1.29 is 0 Å². The standard InChI is InChI=1S/C15H27N/c1-5-13(6-2)16(14-7-11(3)8-14)15-9-12(4)10-15/h7,12-15H,5-6,8-10H2,1-4H3/t12?,14-,15?/m1/s1. The molecule has 0 aromatic rings. The van der Waals surface area contributed by atoms with E-state index in [1.807, 2.05) is 0 Å². The van der Waals surface area contributed by atoms with Crippen LogP contribution in [0.4, 0.5) is 0 Å². The molecule has 0 spiro atoms. The Hall–Kier alpha value is -0.300. The van der Waals surface area contributed by atoms with Gasteiger partial charge in [0.15, 0.2) is 0 Å². The van der Waals surface area contributed by atoms with Crippen LogP contribution in [-0.2, 0) is 0 Å². The fourth-order valence-corrected chi connectivity index (χ4v) is 3.47. The number of hydrogen-bond acceptors (Lipinski definition) is 1. The summed E-state index contributed by atoms with van der Waals surface area (Å²) in [6.07, 6.45) is 9.29. The second-order valence-electron chi connectivity index (χ2n) is 5.93. The third-order valence-corrected chi connectivity index (χ3v) is 4.53. The van der Waals surface area contributed by atoms with Gasteiger partial charge in [0.25, 0.3) is 0 Å². The number of rotatable bonds is 5. The Kier molecular flexibility index (Phi) is 3.73. The van der Waals surface area contributed by atoms with Crippen LogP contribution in [0, 0.1) is 5.92 Å². The molecule has 1 fully saturated rings. The van der Waals surface area contributed by atoms with Crippen molar-refractivity contribution in [3.05, 3.63) is 11.6 Å². The predicted molar refractivity (Wildman–Crippen MR) is 70.6 cm³/mol. The Morgan fingerprint density at radius 2 is 1.88 bits per heavy atom. The lowest BCUT2D eigenvalue weighted by molar-refractivity contribution is 0.0163. The molecule has 2 rings (SSSR count). The Balaban J connectivity index is 2.01. The lowest BCUT2D eigenvalue weighted by atomic mass is 9.77. The van der Waals surface area contributed by atoms with E-state index in [-0.39, 0.29) is 0 Å². The monoisotopic (exact) mass is 221 g/mol. The van der Waals surface area contributed by atoms with Crippen LogP contribution in [0.3, 0.4) is 0 Å². The van der Waals surface area contributed by atoms with Crippen molar-refractivity contribution in [3.8, 4) is 0 Å². The van der Waals surface area contributed by atoms with Crippen molar-refractivity contribution in [1.82, 2.24) is 4.90 Å². The molecule has 1 atom stereocenters. The van der Waals surface area contributed by atoms with Gasteiger partial charge < -0.3 is 0 Å². The van der Waals surface area contributed by atoms with Gasteiger partial charge in [-0.25, -0.2) is 0 Å². The molecule has 0 radical (unpaired) electrons. The molecule has 0 aromatic heterocycles. The normalized spacial score (nSPS) is 33.6. The van der Waals surface area contributed by atoms with Crippen molar-refractivity contribution in [3.63, 3.8) is 0 Å². The van der Waals surface area contributed by atoms with E-state index in [4.69, 9.17) is 0 Å². The van der Waals surface area contributed by atoms with E-state index in [0.29, 0.717) is 0 Å². The topological polar surface area (TPSA) is 3.24 Å². The van der Waals surface area contributed by atoms with Crippen LogP contribution < -0.4 is 0 Å². The van der Waals surface area contributed by atoms with Crippen LogP contribution in [-0.4, -0.2) is 23.0 Å². The van der Waals surface area contributed by atoms with Crippen molar-refractivity contribution >= 4 is 0 Å². The first-order valence-corrected chi connectivity index (χ1v) is 7.10. The summed E-state index contributed by atoms with van der Waals surface area (Å²) in [6.45, 7) is 9.35. The van der Waals surface area contributed by atoms with E-state index in [0.717, 1.165) is 24.0 Å². The van der Waals surface area contributed by atoms with Gasteiger partial charge in [-0.05, 0) is 44.9 Å². The van der Waals surface area contributed by atoms with Crippen molar-refractivity contribution in [1.29, 1.82) is 0 Å². The first-order chi connectivity index (χ1) is 7.65. The quantitative estimate of drug-likeness (QED) is 0.634. The van der Waals surface area contributed by atoms with E-state index in [2.05, 4.69) is 38.7 Å². The molecule has 0 aliphatic heterocycles. The number of nitrogens with zero attached hydrogens (tertiary/aromatic N) is 1. The zero-order valence-corrected chi connectivity index (χ0v) is 11.4. The molecule has 1 heteroatoms. The third kappa shape index (κ3) is 2.20. The van der Waals surface area contributed by atoms with Gasteiger partial charge in [0, 0.05) is 18.1 Å². The SMILES string of the molecule is CCC(CC)N(C1CC(C)C1)[C@@H]1C=C(C)C1.